The van der Waals surface area contributed by atoms with E-state index in [2.05, 4.69) is 12.2 Å². The maximum atomic E-state index is 5.51. The summed E-state index contributed by atoms with van der Waals surface area (Å²) in [6.07, 6.45) is 7.23. The van der Waals surface area contributed by atoms with Crippen molar-refractivity contribution in [2.45, 2.75) is 57.2 Å². The summed E-state index contributed by atoms with van der Waals surface area (Å²) in [5.74, 6) is 0. The summed E-state index contributed by atoms with van der Waals surface area (Å²) in [4.78, 5) is 0. The van der Waals surface area contributed by atoms with E-state index in [1.54, 1.807) is 0 Å². The molecule has 0 aromatic carbocycles. The van der Waals surface area contributed by atoms with Crippen LogP contribution >= 0.6 is 0 Å². The Morgan fingerprint density at radius 3 is 2.50 bits per heavy atom. The first-order valence-electron chi connectivity index (χ1n) is 5.24. The van der Waals surface area contributed by atoms with Crippen LogP contribution in [-0.4, -0.2) is 24.8 Å². The van der Waals surface area contributed by atoms with Crippen molar-refractivity contribution in [1.29, 1.82) is 0 Å². The maximum absolute atomic E-state index is 5.51. The van der Waals surface area contributed by atoms with E-state index < -0.39 is 0 Å². The molecule has 0 aromatic heterocycles. The van der Waals surface area contributed by atoms with Gasteiger partial charge in [0.05, 0.1) is 6.10 Å². The molecule has 2 atom stereocenters. The molecule has 1 N–H and O–H groups in total. The van der Waals surface area contributed by atoms with Crippen molar-refractivity contribution in [3.8, 4) is 0 Å². The molecule has 12 heavy (non-hydrogen) atoms. The first kappa shape index (κ1) is 8.52. The molecular formula is C10H19NO. The molecular weight excluding hydrogens is 150 g/mol. The fourth-order valence-corrected chi connectivity index (χ4v) is 2.35. The lowest BCUT2D eigenvalue weighted by Crippen LogP contribution is -2.40. The Hall–Kier alpha value is -0.0800. The van der Waals surface area contributed by atoms with Crippen LogP contribution in [0, 0.1) is 0 Å². The van der Waals surface area contributed by atoms with Crippen molar-refractivity contribution in [2.75, 3.05) is 6.61 Å². The van der Waals surface area contributed by atoms with Crippen molar-refractivity contribution in [3.63, 3.8) is 0 Å². The van der Waals surface area contributed by atoms with Gasteiger partial charge in [0.2, 0.25) is 0 Å². The molecule has 0 spiro atoms. The van der Waals surface area contributed by atoms with Gasteiger partial charge in [-0.25, -0.2) is 0 Å². The highest BCUT2D eigenvalue weighted by atomic mass is 16.5. The Balaban J connectivity index is 1.77. The van der Waals surface area contributed by atoms with Crippen LogP contribution in [0.25, 0.3) is 0 Å². The third-order valence-electron chi connectivity index (χ3n) is 3.18. The molecule has 2 rings (SSSR count). The summed E-state index contributed by atoms with van der Waals surface area (Å²) in [5.41, 5.74) is 0. The second-order valence-corrected chi connectivity index (χ2v) is 4.12. The molecule has 0 amide bonds. The zero-order chi connectivity index (χ0) is 8.39. The summed E-state index contributed by atoms with van der Waals surface area (Å²) in [5, 5.41) is 3.70. The smallest absolute Gasteiger partial charge is 0.0700 e. The van der Waals surface area contributed by atoms with E-state index in [-0.39, 0.29) is 0 Å². The molecule has 2 nitrogen and oxygen atoms in total. The van der Waals surface area contributed by atoms with Crippen LogP contribution in [0.1, 0.15) is 39.0 Å². The van der Waals surface area contributed by atoms with Crippen molar-refractivity contribution < 1.29 is 4.74 Å². The molecule has 2 fully saturated rings. The van der Waals surface area contributed by atoms with Crippen LogP contribution < -0.4 is 5.32 Å². The summed E-state index contributed by atoms with van der Waals surface area (Å²) in [7, 11) is 0. The van der Waals surface area contributed by atoms with Crippen LogP contribution in [0.15, 0.2) is 0 Å². The molecule has 0 bridgehead atoms. The highest BCUT2D eigenvalue weighted by Crippen LogP contribution is 2.21. The lowest BCUT2D eigenvalue weighted by atomic mass is 10.1. The quantitative estimate of drug-likeness (QED) is 0.679. The van der Waals surface area contributed by atoms with E-state index in [9.17, 15) is 0 Å². The average molecular weight is 169 g/mol. The molecule has 1 aliphatic heterocycles. The average Bonchev–Trinajstić information content (AvgIpc) is 2.65. The molecule has 70 valence electrons. The second-order valence-electron chi connectivity index (χ2n) is 4.12. The Morgan fingerprint density at radius 2 is 1.92 bits per heavy atom. The zero-order valence-electron chi connectivity index (χ0n) is 7.88. The predicted molar refractivity (Wildman–Crippen MR) is 49.2 cm³/mol. The third-order valence-corrected chi connectivity index (χ3v) is 3.18. The van der Waals surface area contributed by atoms with Gasteiger partial charge in [-0.1, -0.05) is 12.8 Å². The second kappa shape index (κ2) is 3.75. The van der Waals surface area contributed by atoms with Crippen molar-refractivity contribution in [3.05, 3.63) is 0 Å². The van der Waals surface area contributed by atoms with Crippen molar-refractivity contribution >= 4 is 0 Å². The topological polar surface area (TPSA) is 21.3 Å². The van der Waals surface area contributed by atoms with Gasteiger partial charge in [0, 0.05) is 18.7 Å². The van der Waals surface area contributed by atoms with E-state index in [1.165, 1.54) is 32.1 Å². The lowest BCUT2D eigenvalue weighted by molar-refractivity contribution is 0.111. The summed E-state index contributed by atoms with van der Waals surface area (Å²) < 4.78 is 5.51. The number of hydrogen-bond acceptors (Lipinski definition) is 2. The third kappa shape index (κ3) is 1.80. The number of hydrogen-bond donors (Lipinski definition) is 1. The largest absolute Gasteiger partial charge is 0.377 e. The molecule has 2 aliphatic rings. The molecule has 2 heteroatoms. The van der Waals surface area contributed by atoms with Crippen LogP contribution in [-0.2, 0) is 4.74 Å². The summed E-state index contributed by atoms with van der Waals surface area (Å²) in [6.45, 7) is 3.13. The highest BCUT2D eigenvalue weighted by molar-refractivity contribution is 4.84. The molecule has 0 aromatic rings. The van der Waals surface area contributed by atoms with Gasteiger partial charge in [0.1, 0.15) is 0 Å². The first-order valence-corrected chi connectivity index (χ1v) is 5.24. The Morgan fingerprint density at radius 1 is 1.17 bits per heavy atom. The SMILES string of the molecule is C[C@@H]1OCC[C@@H]1NC1CCCC1. The molecule has 1 heterocycles. The Bertz CT molecular complexity index is 143. The number of nitrogens with one attached hydrogen (secondary N) is 1. The normalized spacial score (nSPS) is 37.8. The zero-order valence-corrected chi connectivity index (χ0v) is 7.88. The van der Waals surface area contributed by atoms with Crippen LogP contribution in [0.2, 0.25) is 0 Å². The highest BCUT2D eigenvalue weighted by Gasteiger charge is 2.27. The van der Waals surface area contributed by atoms with E-state index >= 15 is 0 Å². The van der Waals surface area contributed by atoms with E-state index in [0.717, 1.165) is 12.6 Å². The monoisotopic (exact) mass is 169 g/mol. The minimum Gasteiger partial charge on any atom is -0.377 e. The van der Waals surface area contributed by atoms with Crippen molar-refractivity contribution in [2.24, 2.45) is 0 Å². The Kier molecular flexibility index (Phi) is 2.66. The van der Waals surface area contributed by atoms with Gasteiger partial charge in [-0.3, -0.25) is 0 Å². The minimum atomic E-state index is 0.436. The van der Waals surface area contributed by atoms with Gasteiger partial charge in [0.15, 0.2) is 0 Å². The minimum absolute atomic E-state index is 0.436. The molecule has 0 radical (unpaired) electrons. The predicted octanol–water partition coefficient (Wildman–Crippen LogP) is 1.70. The Labute approximate surface area is 74.7 Å². The van der Waals surface area contributed by atoms with Gasteiger partial charge in [-0.2, -0.15) is 0 Å². The first-order chi connectivity index (χ1) is 5.86. The molecule has 1 saturated carbocycles. The standard InChI is InChI=1S/C10H19NO/c1-8-10(6-7-12-8)11-9-4-2-3-5-9/h8-11H,2-7H2,1H3/t8-,10-/m0/s1. The fraction of sp³-hybridized carbons (Fsp3) is 1.00. The summed E-state index contributed by atoms with van der Waals surface area (Å²) >= 11 is 0. The van der Waals surface area contributed by atoms with E-state index in [1.807, 2.05) is 0 Å². The number of ether oxygens (including phenoxy) is 1. The maximum Gasteiger partial charge on any atom is 0.0700 e. The van der Waals surface area contributed by atoms with Crippen LogP contribution in [0.4, 0.5) is 0 Å². The van der Waals surface area contributed by atoms with E-state index in [4.69, 9.17) is 4.74 Å². The van der Waals surface area contributed by atoms with Gasteiger partial charge in [0.25, 0.3) is 0 Å². The molecule has 1 saturated heterocycles. The van der Waals surface area contributed by atoms with Crippen LogP contribution in [0.5, 0.6) is 0 Å². The fourth-order valence-electron chi connectivity index (χ4n) is 2.35. The number of rotatable bonds is 2. The van der Waals surface area contributed by atoms with Gasteiger partial charge < -0.3 is 10.1 Å². The van der Waals surface area contributed by atoms with Gasteiger partial charge in [-0.15, -0.1) is 0 Å². The van der Waals surface area contributed by atoms with E-state index in [0.29, 0.717) is 12.1 Å². The van der Waals surface area contributed by atoms with Gasteiger partial charge in [-0.05, 0) is 26.2 Å². The summed E-state index contributed by atoms with van der Waals surface area (Å²) in [6, 6.07) is 1.42. The van der Waals surface area contributed by atoms with Gasteiger partial charge >= 0.3 is 0 Å². The molecule has 0 unspecified atom stereocenters. The lowest BCUT2D eigenvalue weighted by Gasteiger charge is -2.20. The molecule has 1 aliphatic carbocycles. The van der Waals surface area contributed by atoms with Crippen molar-refractivity contribution in [1.82, 2.24) is 5.32 Å². The van der Waals surface area contributed by atoms with Crippen LogP contribution in [0.3, 0.4) is 0 Å².